The average molecular weight is 519 g/mol. The highest BCUT2D eigenvalue weighted by atomic mass is 35.5. The number of fused-ring (bicyclic) bond motifs is 1. The molecule has 0 radical (unpaired) electrons. The standard InChI is InChI=1S/C29H21Cl2FN2S/c30-22-10-4-18(5-11-22)16-21-2-1-3-25-27(21)33-29-34(28(25)20-6-12-23(31)13-7-20)26(17-35-29)19-8-14-24(32)15-9-19/h4-17,28H,1-3H2/b21-16+. The first-order valence-corrected chi connectivity index (χ1v) is 13.2. The van der Waals surface area contributed by atoms with Crippen LogP contribution in [0.25, 0.3) is 11.8 Å². The number of benzene rings is 3. The van der Waals surface area contributed by atoms with E-state index in [9.17, 15) is 4.39 Å². The number of rotatable bonds is 3. The van der Waals surface area contributed by atoms with Gasteiger partial charge in [-0.2, -0.15) is 0 Å². The second-order valence-corrected chi connectivity index (χ2v) is 10.5. The highest BCUT2D eigenvalue weighted by molar-refractivity contribution is 8.16. The zero-order chi connectivity index (χ0) is 23.9. The van der Waals surface area contributed by atoms with Crippen LogP contribution in [0.2, 0.25) is 10.0 Å². The van der Waals surface area contributed by atoms with Crippen LogP contribution in [0.4, 0.5) is 4.39 Å². The molecule has 2 nitrogen and oxygen atoms in total. The molecule has 0 saturated carbocycles. The molecule has 6 heteroatoms. The Morgan fingerprint density at radius 3 is 2.29 bits per heavy atom. The molecule has 1 unspecified atom stereocenters. The molecule has 1 aliphatic carbocycles. The smallest absolute Gasteiger partial charge is 0.174 e. The third-order valence-electron chi connectivity index (χ3n) is 6.57. The number of halogens is 3. The maximum atomic E-state index is 13.7. The molecule has 6 rings (SSSR count). The van der Waals surface area contributed by atoms with Gasteiger partial charge in [0.05, 0.1) is 17.4 Å². The third kappa shape index (κ3) is 4.35. The minimum Gasteiger partial charge on any atom is -0.308 e. The minimum absolute atomic E-state index is 0.00464. The van der Waals surface area contributed by atoms with Gasteiger partial charge in [0.1, 0.15) is 5.82 Å². The van der Waals surface area contributed by atoms with Crippen LogP contribution in [0.5, 0.6) is 0 Å². The molecule has 2 heterocycles. The van der Waals surface area contributed by atoms with E-state index in [1.807, 2.05) is 48.5 Å². The Morgan fingerprint density at radius 2 is 1.57 bits per heavy atom. The maximum absolute atomic E-state index is 13.7. The van der Waals surface area contributed by atoms with Crippen LogP contribution in [-0.2, 0) is 0 Å². The number of hydrogen-bond donors (Lipinski definition) is 0. The summed E-state index contributed by atoms with van der Waals surface area (Å²) >= 11 is 14.0. The Kier molecular flexibility index (Phi) is 6.05. The van der Waals surface area contributed by atoms with Crippen LogP contribution in [0.1, 0.15) is 42.0 Å². The van der Waals surface area contributed by atoms with Crippen LogP contribution in [-0.4, -0.2) is 10.1 Å². The molecular formula is C29H21Cl2FN2S. The van der Waals surface area contributed by atoms with Gasteiger partial charge in [0.25, 0.3) is 0 Å². The lowest BCUT2D eigenvalue weighted by molar-refractivity contribution is 0.458. The number of amidine groups is 1. The summed E-state index contributed by atoms with van der Waals surface area (Å²) in [6.07, 6.45) is 5.24. The fourth-order valence-electron chi connectivity index (χ4n) is 4.95. The number of hydrogen-bond acceptors (Lipinski definition) is 3. The number of thioether (sulfide) groups is 1. The van der Waals surface area contributed by atoms with Crippen molar-refractivity contribution < 1.29 is 4.39 Å². The van der Waals surface area contributed by atoms with Crippen molar-refractivity contribution in [3.05, 3.63) is 128 Å². The molecule has 0 fully saturated rings. The van der Waals surface area contributed by atoms with Crippen molar-refractivity contribution in [3.8, 4) is 0 Å². The Bertz CT molecular complexity index is 1400. The molecule has 3 aromatic rings. The van der Waals surface area contributed by atoms with Crippen molar-refractivity contribution in [3.63, 3.8) is 0 Å². The van der Waals surface area contributed by atoms with Crippen molar-refractivity contribution in [2.45, 2.75) is 25.3 Å². The Labute approximate surface area is 218 Å². The SMILES string of the molecule is Fc1ccc(C2=CSC3=NC4=C(CCC/C4=C\c4ccc(Cl)cc4)C(c4ccc(Cl)cc4)N23)cc1. The molecular weight excluding hydrogens is 498 g/mol. The van der Waals surface area contributed by atoms with Gasteiger partial charge in [0.2, 0.25) is 0 Å². The quantitative estimate of drug-likeness (QED) is 0.343. The van der Waals surface area contributed by atoms with E-state index < -0.39 is 0 Å². The lowest BCUT2D eigenvalue weighted by atomic mass is 9.83. The summed E-state index contributed by atoms with van der Waals surface area (Å²) in [5.41, 5.74) is 7.92. The van der Waals surface area contributed by atoms with Crippen LogP contribution in [0.3, 0.4) is 0 Å². The molecule has 0 aromatic heterocycles. The molecule has 2 aliphatic heterocycles. The van der Waals surface area contributed by atoms with E-state index in [0.29, 0.717) is 5.02 Å². The lowest BCUT2D eigenvalue weighted by Crippen LogP contribution is -2.34. The van der Waals surface area contributed by atoms with E-state index in [4.69, 9.17) is 28.2 Å². The normalized spacial score (nSPS) is 20.5. The monoisotopic (exact) mass is 518 g/mol. The summed E-state index contributed by atoms with van der Waals surface area (Å²) in [7, 11) is 0. The van der Waals surface area contributed by atoms with Crippen LogP contribution < -0.4 is 0 Å². The van der Waals surface area contributed by atoms with E-state index in [1.54, 1.807) is 11.8 Å². The minimum atomic E-state index is -0.240. The Morgan fingerprint density at radius 1 is 0.886 bits per heavy atom. The van der Waals surface area contributed by atoms with Gasteiger partial charge in [0, 0.05) is 15.5 Å². The molecule has 3 aromatic carbocycles. The lowest BCUT2D eigenvalue weighted by Gasteiger charge is -2.40. The first-order valence-electron chi connectivity index (χ1n) is 11.5. The first-order chi connectivity index (χ1) is 17.1. The van der Waals surface area contributed by atoms with Crippen LogP contribution >= 0.6 is 35.0 Å². The summed E-state index contributed by atoms with van der Waals surface area (Å²) < 4.78 is 13.7. The molecule has 174 valence electrons. The molecule has 0 spiro atoms. The second-order valence-electron chi connectivity index (χ2n) is 8.79. The highest BCUT2D eigenvalue weighted by Crippen LogP contribution is 2.51. The van der Waals surface area contributed by atoms with E-state index in [1.165, 1.54) is 23.3 Å². The third-order valence-corrected chi connectivity index (χ3v) is 7.92. The number of nitrogens with zero attached hydrogens (tertiary/aromatic N) is 2. The predicted molar refractivity (Wildman–Crippen MR) is 146 cm³/mol. The number of aliphatic imine (C=N–C) groups is 1. The van der Waals surface area contributed by atoms with Gasteiger partial charge >= 0.3 is 0 Å². The van der Waals surface area contributed by atoms with E-state index in [0.717, 1.165) is 57.5 Å². The van der Waals surface area contributed by atoms with E-state index in [2.05, 4.69) is 28.5 Å². The van der Waals surface area contributed by atoms with Gasteiger partial charge < -0.3 is 4.90 Å². The fraction of sp³-hybridized carbons (Fsp3) is 0.138. The molecule has 1 atom stereocenters. The van der Waals surface area contributed by atoms with Crippen molar-refractivity contribution in [1.29, 1.82) is 0 Å². The topological polar surface area (TPSA) is 15.6 Å². The van der Waals surface area contributed by atoms with Gasteiger partial charge in [-0.25, -0.2) is 9.38 Å². The van der Waals surface area contributed by atoms with Crippen molar-refractivity contribution in [2.75, 3.05) is 0 Å². The summed E-state index contributed by atoms with van der Waals surface area (Å²) in [6, 6.07) is 22.7. The average Bonchev–Trinajstić information content (AvgIpc) is 3.29. The summed E-state index contributed by atoms with van der Waals surface area (Å²) in [5.74, 6) is -0.240. The van der Waals surface area contributed by atoms with Crippen LogP contribution in [0, 0.1) is 5.82 Å². The summed E-state index contributed by atoms with van der Waals surface area (Å²) in [4.78, 5) is 7.48. The molecule has 0 amide bonds. The second kappa shape index (κ2) is 9.34. The fourth-order valence-corrected chi connectivity index (χ4v) is 6.13. The Hall–Kier alpha value is -2.79. The summed E-state index contributed by atoms with van der Waals surface area (Å²) in [6.45, 7) is 0. The molecule has 3 aliphatic rings. The van der Waals surface area contributed by atoms with Gasteiger partial charge in [0.15, 0.2) is 5.17 Å². The predicted octanol–water partition coefficient (Wildman–Crippen LogP) is 9.11. The molecule has 0 bridgehead atoms. The zero-order valence-corrected chi connectivity index (χ0v) is 21.0. The molecule has 0 N–H and O–H groups in total. The largest absolute Gasteiger partial charge is 0.308 e. The zero-order valence-electron chi connectivity index (χ0n) is 18.7. The van der Waals surface area contributed by atoms with Gasteiger partial charge in [-0.1, -0.05) is 59.2 Å². The van der Waals surface area contributed by atoms with E-state index in [-0.39, 0.29) is 11.9 Å². The van der Waals surface area contributed by atoms with Crippen molar-refractivity contribution in [1.82, 2.24) is 4.90 Å². The maximum Gasteiger partial charge on any atom is 0.174 e. The van der Waals surface area contributed by atoms with Gasteiger partial charge in [-0.05, 0) is 102 Å². The van der Waals surface area contributed by atoms with Crippen molar-refractivity contribution in [2.24, 2.45) is 4.99 Å². The van der Waals surface area contributed by atoms with Gasteiger partial charge in [-0.3, -0.25) is 0 Å². The Balaban J connectivity index is 1.48. The number of allylic oxidation sites excluding steroid dienone is 1. The highest BCUT2D eigenvalue weighted by Gasteiger charge is 2.40. The van der Waals surface area contributed by atoms with Crippen LogP contribution in [0.15, 0.2) is 100 Å². The first kappa shape index (κ1) is 22.7. The van der Waals surface area contributed by atoms with E-state index >= 15 is 0 Å². The van der Waals surface area contributed by atoms with Gasteiger partial charge in [-0.15, -0.1) is 0 Å². The molecule has 35 heavy (non-hydrogen) atoms. The molecule has 0 saturated heterocycles. The van der Waals surface area contributed by atoms with Crippen molar-refractivity contribution >= 4 is 51.9 Å². The summed E-state index contributed by atoms with van der Waals surface area (Å²) in [5, 5.41) is 4.50.